The standard InChI is InChI=1S/C7H6BFO/c1-10-5-2-3-6(8)7(9)4-5/h2-4H,1H3. The van der Waals surface area contributed by atoms with Crippen molar-refractivity contribution in [2.75, 3.05) is 7.11 Å². The largest absolute Gasteiger partial charge is 0.497 e. The Morgan fingerprint density at radius 3 is 2.70 bits per heavy atom. The summed E-state index contributed by atoms with van der Waals surface area (Å²) in [6.45, 7) is 0. The molecule has 0 spiro atoms. The van der Waals surface area contributed by atoms with Crippen molar-refractivity contribution in [3.63, 3.8) is 0 Å². The quantitative estimate of drug-likeness (QED) is 0.514. The molecule has 0 saturated carbocycles. The molecule has 0 heterocycles. The minimum atomic E-state index is -0.445. The first-order valence-electron chi connectivity index (χ1n) is 2.83. The highest BCUT2D eigenvalue weighted by Crippen LogP contribution is 2.08. The maximum Gasteiger partial charge on any atom is 0.121 e. The molecule has 1 aromatic carbocycles. The molecule has 0 N–H and O–H groups in total. The van der Waals surface area contributed by atoms with Gasteiger partial charge in [0, 0.05) is 6.07 Å². The zero-order valence-electron chi connectivity index (χ0n) is 5.60. The number of rotatable bonds is 1. The molecule has 1 aromatic rings. The molecule has 0 aliphatic heterocycles. The molecule has 0 fully saturated rings. The molecular formula is C7H6BFO. The molecule has 0 atom stereocenters. The Kier molecular flexibility index (Phi) is 1.95. The molecule has 3 heteroatoms. The molecule has 0 aliphatic rings. The number of benzene rings is 1. The Bertz CT molecular complexity index is 237. The summed E-state index contributed by atoms with van der Waals surface area (Å²) in [5.41, 5.74) is 0.140. The molecule has 50 valence electrons. The van der Waals surface area contributed by atoms with E-state index in [0.717, 1.165) is 0 Å². The van der Waals surface area contributed by atoms with E-state index in [2.05, 4.69) is 0 Å². The predicted octanol–water partition coefficient (Wildman–Crippen LogP) is 0.628. The number of halogens is 1. The normalized spacial score (nSPS) is 9.40. The van der Waals surface area contributed by atoms with E-state index in [-0.39, 0.29) is 5.46 Å². The van der Waals surface area contributed by atoms with Crippen molar-refractivity contribution in [1.82, 2.24) is 0 Å². The fourth-order valence-electron chi connectivity index (χ4n) is 0.635. The second kappa shape index (κ2) is 2.73. The number of hydrogen-bond acceptors (Lipinski definition) is 1. The summed E-state index contributed by atoms with van der Waals surface area (Å²) in [6, 6.07) is 4.32. The van der Waals surface area contributed by atoms with Crippen LogP contribution in [-0.2, 0) is 0 Å². The summed E-state index contributed by atoms with van der Waals surface area (Å²) in [4.78, 5) is 0. The minimum Gasteiger partial charge on any atom is -0.497 e. The van der Waals surface area contributed by atoms with Crippen LogP contribution in [0.5, 0.6) is 5.75 Å². The molecule has 0 aromatic heterocycles. The van der Waals surface area contributed by atoms with Gasteiger partial charge in [-0.15, -0.1) is 0 Å². The lowest BCUT2D eigenvalue weighted by Gasteiger charge is -2.00. The number of hydrogen-bond donors (Lipinski definition) is 0. The van der Waals surface area contributed by atoms with Crippen LogP contribution in [0.2, 0.25) is 0 Å². The summed E-state index contributed by atoms with van der Waals surface area (Å²) >= 11 is 0. The van der Waals surface area contributed by atoms with Gasteiger partial charge < -0.3 is 4.74 Å². The molecule has 0 bridgehead atoms. The monoisotopic (exact) mass is 136 g/mol. The molecule has 10 heavy (non-hydrogen) atoms. The van der Waals surface area contributed by atoms with Gasteiger partial charge in [0.1, 0.15) is 19.4 Å². The van der Waals surface area contributed by atoms with Crippen LogP contribution >= 0.6 is 0 Å². The highest BCUT2D eigenvalue weighted by molar-refractivity contribution is 6.32. The third-order valence-electron chi connectivity index (χ3n) is 1.21. The van der Waals surface area contributed by atoms with Crippen molar-refractivity contribution in [3.05, 3.63) is 24.0 Å². The first-order valence-corrected chi connectivity index (χ1v) is 2.83. The maximum absolute atomic E-state index is 12.6. The van der Waals surface area contributed by atoms with Gasteiger partial charge in [-0.05, 0) is 6.07 Å². The van der Waals surface area contributed by atoms with Gasteiger partial charge in [-0.1, -0.05) is 11.5 Å². The fraction of sp³-hybridized carbons (Fsp3) is 0.143. The number of ether oxygens (including phenoxy) is 1. The van der Waals surface area contributed by atoms with Crippen molar-refractivity contribution in [1.29, 1.82) is 0 Å². The lowest BCUT2D eigenvalue weighted by atomic mass is 9.96. The van der Waals surface area contributed by atoms with Crippen LogP contribution in [0.1, 0.15) is 0 Å². The molecular weight excluding hydrogens is 130 g/mol. The Morgan fingerprint density at radius 1 is 1.50 bits per heavy atom. The van der Waals surface area contributed by atoms with E-state index < -0.39 is 5.82 Å². The topological polar surface area (TPSA) is 9.23 Å². The van der Waals surface area contributed by atoms with Crippen LogP contribution in [0, 0.1) is 5.82 Å². The van der Waals surface area contributed by atoms with Crippen molar-refractivity contribution in [2.24, 2.45) is 0 Å². The molecule has 0 saturated heterocycles. The first-order chi connectivity index (χ1) is 4.74. The lowest BCUT2D eigenvalue weighted by Crippen LogP contribution is -2.07. The molecule has 0 unspecified atom stereocenters. The van der Waals surface area contributed by atoms with Gasteiger partial charge in [0.25, 0.3) is 0 Å². The average molecular weight is 136 g/mol. The summed E-state index contributed by atoms with van der Waals surface area (Å²) in [5.74, 6) is 0.0334. The van der Waals surface area contributed by atoms with Gasteiger partial charge in [0.15, 0.2) is 0 Å². The third kappa shape index (κ3) is 1.29. The zero-order valence-corrected chi connectivity index (χ0v) is 5.60. The van der Waals surface area contributed by atoms with Gasteiger partial charge in [0.2, 0.25) is 0 Å². The Hall–Kier alpha value is -0.985. The smallest absolute Gasteiger partial charge is 0.121 e. The Morgan fingerprint density at radius 2 is 2.20 bits per heavy atom. The van der Waals surface area contributed by atoms with Crippen LogP contribution in [0.15, 0.2) is 18.2 Å². The fourth-order valence-corrected chi connectivity index (χ4v) is 0.635. The van der Waals surface area contributed by atoms with Crippen LogP contribution < -0.4 is 10.2 Å². The van der Waals surface area contributed by atoms with Crippen molar-refractivity contribution < 1.29 is 9.13 Å². The highest BCUT2D eigenvalue weighted by atomic mass is 19.1. The summed E-state index contributed by atoms with van der Waals surface area (Å²) < 4.78 is 17.3. The summed E-state index contributed by atoms with van der Waals surface area (Å²) in [5, 5.41) is 0. The van der Waals surface area contributed by atoms with E-state index in [9.17, 15) is 4.39 Å². The van der Waals surface area contributed by atoms with E-state index in [1.807, 2.05) is 0 Å². The minimum absolute atomic E-state index is 0.140. The van der Waals surface area contributed by atoms with Crippen molar-refractivity contribution >= 4 is 13.3 Å². The van der Waals surface area contributed by atoms with Crippen LogP contribution in [0.25, 0.3) is 0 Å². The Labute approximate surface area is 60.2 Å². The maximum atomic E-state index is 12.6. The van der Waals surface area contributed by atoms with Gasteiger partial charge in [-0.25, -0.2) is 4.39 Å². The lowest BCUT2D eigenvalue weighted by molar-refractivity contribution is 0.411. The predicted molar refractivity (Wildman–Crippen MR) is 38.3 cm³/mol. The van der Waals surface area contributed by atoms with E-state index >= 15 is 0 Å². The molecule has 2 radical (unpaired) electrons. The van der Waals surface area contributed by atoms with Crippen LogP contribution in [-0.4, -0.2) is 15.0 Å². The molecule has 0 aliphatic carbocycles. The second-order valence-corrected chi connectivity index (χ2v) is 1.89. The van der Waals surface area contributed by atoms with Gasteiger partial charge in [0.05, 0.1) is 7.11 Å². The molecule has 1 rings (SSSR count). The van der Waals surface area contributed by atoms with E-state index in [4.69, 9.17) is 12.6 Å². The van der Waals surface area contributed by atoms with Crippen LogP contribution in [0.3, 0.4) is 0 Å². The third-order valence-corrected chi connectivity index (χ3v) is 1.21. The first kappa shape index (κ1) is 7.13. The van der Waals surface area contributed by atoms with Gasteiger partial charge >= 0.3 is 0 Å². The highest BCUT2D eigenvalue weighted by Gasteiger charge is 1.96. The zero-order chi connectivity index (χ0) is 7.56. The van der Waals surface area contributed by atoms with E-state index in [1.165, 1.54) is 19.2 Å². The van der Waals surface area contributed by atoms with Crippen molar-refractivity contribution in [2.45, 2.75) is 0 Å². The number of methoxy groups -OCH3 is 1. The summed E-state index contributed by atoms with van der Waals surface area (Å²) in [7, 11) is 6.69. The second-order valence-electron chi connectivity index (χ2n) is 1.89. The summed E-state index contributed by atoms with van der Waals surface area (Å²) in [6.07, 6.45) is 0. The van der Waals surface area contributed by atoms with E-state index in [0.29, 0.717) is 5.75 Å². The average Bonchev–Trinajstić information content (AvgIpc) is 1.95. The van der Waals surface area contributed by atoms with E-state index in [1.54, 1.807) is 6.07 Å². The molecule has 0 amide bonds. The van der Waals surface area contributed by atoms with Crippen molar-refractivity contribution in [3.8, 4) is 5.75 Å². The van der Waals surface area contributed by atoms with Gasteiger partial charge in [-0.2, -0.15) is 0 Å². The Balaban J connectivity index is 3.04. The van der Waals surface area contributed by atoms with Crippen LogP contribution in [0.4, 0.5) is 4.39 Å². The molecule has 1 nitrogen and oxygen atoms in total. The van der Waals surface area contributed by atoms with Gasteiger partial charge in [-0.3, -0.25) is 0 Å². The SMILES string of the molecule is [B]c1ccc(OC)cc1F.